The Hall–Kier alpha value is -3.47. The zero-order valence-electron chi connectivity index (χ0n) is 17.1. The average Bonchev–Trinajstić information content (AvgIpc) is 3.27. The number of alkyl halides is 3. The third kappa shape index (κ3) is 5.86. The standard InChI is InChI=1S/C22H19F3N4O3S/c23-22(24,25)14-5-6-18-17(11-14)28-21(31)19(33-18)13-20(30)27-15-3-1-4-16(12-15)32-10-9-29-8-2-7-26-29/h1-8,11-12,19H,9-10,13H2,(H,27,30)(H,28,31)/t19-/m1/s1. The highest BCUT2D eigenvalue weighted by Gasteiger charge is 2.34. The van der Waals surface area contributed by atoms with Crippen LogP contribution in [-0.2, 0) is 22.3 Å². The lowest BCUT2D eigenvalue weighted by Gasteiger charge is -2.24. The molecule has 0 unspecified atom stereocenters. The number of ether oxygens (including phenoxy) is 1. The summed E-state index contributed by atoms with van der Waals surface area (Å²) < 4.78 is 46.1. The fourth-order valence-electron chi connectivity index (χ4n) is 3.19. The van der Waals surface area contributed by atoms with Crippen LogP contribution >= 0.6 is 11.8 Å². The molecule has 0 saturated carbocycles. The van der Waals surface area contributed by atoms with Crippen molar-refractivity contribution in [1.82, 2.24) is 9.78 Å². The predicted molar refractivity (Wildman–Crippen MR) is 117 cm³/mol. The van der Waals surface area contributed by atoms with Crippen molar-refractivity contribution in [3.05, 3.63) is 66.5 Å². The summed E-state index contributed by atoms with van der Waals surface area (Å²) in [6.45, 7) is 0.969. The van der Waals surface area contributed by atoms with Crippen LogP contribution in [0.2, 0.25) is 0 Å². The minimum atomic E-state index is -4.50. The SMILES string of the molecule is O=C(C[C@H]1Sc2ccc(C(F)(F)F)cc2NC1=O)Nc1cccc(OCCn2cccn2)c1. The summed E-state index contributed by atoms with van der Waals surface area (Å²) in [4.78, 5) is 25.3. The van der Waals surface area contributed by atoms with Crippen LogP contribution in [0.5, 0.6) is 5.75 Å². The van der Waals surface area contributed by atoms with E-state index in [-0.39, 0.29) is 12.1 Å². The van der Waals surface area contributed by atoms with Gasteiger partial charge >= 0.3 is 6.18 Å². The first kappa shape index (κ1) is 22.7. The number of benzene rings is 2. The maximum atomic E-state index is 12.9. The number of anilines is 2. The molecule has 1 aromatic heterocycles. The van der Waals surface area contributed by atoms with Gasteiger partial charge in [-0.25, -0.2) is 0 Å². The van der Waals surface area contributed by atoms with Crippen molar-refractivity contribution in [2.75, 3.05) is 17.2 Å². The van der Waals surface area contributed by atoms with Crippen molar-refractivity contribution in [2.45, 2.75) is 29.3 Å². The van der Waals surface area contributed by atoms with E-state index in [0.29, 0.717) is 29.5 Å². The Bertz CT molecular complexity index is 1150. The van der Waals surface area contributed by atoms with Gasteiger partial charge in [0.1, 0.15) is 12.4 Å². The van der Waals surface area contributed by atoms with E-state index in [0.717, 1.165) is 23.9 Å². The number of hydrogen-bond acceptors (Lipinski definition) is 5. The Morgan fingerprint density at radius 1 is 1.21 bits per heavy atom. The van der Waals surface area contributed by atoms with Crippen LogP contribution in [0.15, 0.2) is 65.8 Å². The van der Waals surface area contributed by atoms with Gasteiger partial charge in [-0.05, 0) is 36.4 Å². The number of nitrogens with zero attached hydrogens (tertiary/aromatic N) is 2. The van der Waals surface area contributed by atoms with Gasteiger partial charge in [-0.2, -0.15) is 18.3 Å². The quantitative estimate of drug-likeness (QED) is 0.527. The van der Waals surface area contributed by atoms with E-state index in [4.69, 9.17) is 4.74 Å². The summed E-state index contributed by atoms with van der Waals surface area (Å²) in [6.07, 6.45) is -1.13. The number of rotatable bonds is 7. The number of amides is 2. The molecule has 7 nitrogen and oxygen atoms in total. The van der Waals surface area contributed by atoms with Crippen LogP contribution in [0.3, 0.4) is 0 Å². The molecule has 2 N–H and O–H groups in total. The lowest BCUT2D eigenvalue weighted by atomic mass is 10.1. The van der Waals surface area contributed by atoms with Gasteiger partial charge in [-0.3, -0.25) is 14.3 Å². The molecular formula is C22H19F3N4O3S. The number of thioether (sulfide) groups is 1. The molecule has 0 bridgehead atoms. The van der Waals surface area contributed by atoms with Gasteiger partial charge in [-0.1, -0.05) is 6.07 Å². The van der Waals surface area contributed by atoms with E-state index < -0.39 is 28.8 Å². The van der Waals surface area contributed by atoms with E-state index in [2.05, 4.69) is 15.7 Å². The minimum Gasteiger partial charge on any atom is -0.492 e. The van der Waals surface area contributed by atoms with Crippen LogP contribution < -0.4 is 15.4 Å². The summed E-state index contributed by atoms with van der Waals surface area (Å²) in [6, 6.07) is 11.8. The molecule has 11 heteroatoms. The van der Waals surface area contributed by atoms with Crippen molar-refractivity contribution < 1.29 is 27.5 Å². The molecule has 172 valence electrons. The van der Waals surface area contributed by atoms with Gasteiger partial charge in [0.2, 0.25) is 11.8 Å². The number of carbonyl (C=O) groups excluding carboxylic acids is 2. The van der Waals surface area contributed by atoms with Crippen LogP contribution in [0, 0.1) is 0 Å². The third-order valence-corrected chi connectivity index (χ3v) is 6.04. The van der Waals surface area contributed by atoms with E-state index >= 15 is 0 Å². The third-order valence-electron chi connectivity index (χ3n) is 4.76. The molecule has 0 aliphatic carbocycles. The molecular weight excluding hydrogens is 457 g/mol. The maximum Gasteiger partial charge on any atom is 0.416 e. The fraction of sp³-hybridized carbons (Fsp3) is 0.227. The molecule has 33 heavy (non-hydrogen) atoms. The van der Waals surface area contributed by atoms with Crippen LogP contribution in [0.4, 0.5) is 24.5 Å². The molecule has 3 aromatic rings. The summed E-state index contributed by atoms with van der Waals surface area (Å²) in [5, 5.41) is 8.53. The Morgan fingerprint density at radius 3 is 2.82 bits per heavy atom. The monoisotopic (exact) mass is 476 g/mol. The summed E-state index contributed by atoms with van der Waals surface area (Å²) in [5.41, 5.74) is -0.241. The molecule has 0 spiro atoms. The van der Waals surface area contributed by atoms with Crippen molar-refractivity contribution in [3.63, 3.8) is 0 Å². The summed E-state index contributed by atoms with van der Waals surface area (Å²) >= 11 is 1.06. The number of halogens is 3. The van der Waals surface area contributed by atoms with Gasteiger partial charge in [0.25, 0.3) is 0 Å². The van der Waals surface area contributed by atoms with Crippen molar-refractivity contribution in [3.8, 4) is 5.75 Å². The molecule has 2 amide bonds. The number of carbonyl (C=O) groups is 2. The lowest BCUT2D eigenvalue weighted by molar-refractivity contribution is -0.137. The Labute approximate surface area is 191 Å². The molecule has 2 heterocycles. The molecule has 1 atom stereocenters. The minimum absolute atomic E-state index is 0.0939. The number of nitrogens with one attached hydrogen (secondary N) is 2. The summed E-state index contributed by atoms with van der Waals surface area (Å²) in [7, 11) is 0. The van der Waals surface area contributed by atoms with Gasteiger partial charge in [0, 0.05) is 35.5 Å². The highest BCUT2D eigenvalue weighted by atomic mass is 32.2. The predicted octanol–water partition coefficient (Wildman–Crippen LogP) is 4.42. The van der Waals surface area contributed by atoms with Gasteiger partial charge in [-0.15, -0.1) is 11.8 Å². The van der Waals surface area contributed by atoms with Gasteiger partial charge in [0.05, 0.1) is 23.0 Å². The van der Waals surface area contributed by atoms with E-state index in [1.807, 2.05) is 12.3 Å². The number of hydrogen-bond donors (Lipinski definition) is 2. The van der Waals surface area contributed by atoms with Crippen LogP contribution in [0.1, 0.15) is 12.0 Å². The topological polar surface area (TPSA) is 85.3 Å². The van der Waals surface area contributed by atoms with Crippen molar-refractivity contribution >= 4 is 35.0 Å². The van der Waals surface area contributed by atoms with Crippen molar-refractivity contribution in [2.24, 2.45) is 0 Å². The largest absolute Gasteiger partial charge is 0.492 e. The number of aromatic nitrogens is 2. The highest BCUT2D eigenvalue weighted by Crippen LogP contribution is 2.40. The molecule has 1 aliphatic heterocycles. The summed E-state index contributed by atoms with van der Waals surface area (Å²) in [5.74, 6) is -0.344. The zero-order valence-corrected chi connectivity index (χ0v) is 17.9. The molecule has 0 radical (unpaired) electrons. The first-order chi connectivity index (χ1) is 15.8. The zero-order chi connectivity index (χ0) is 23.4. The first-order valence-corrected chi connectivity index (χ1v) is 10.8. The molecule has 0 fully saturated rings. The second-order valence-corrected chi connectivity index (χ2v) is 8.45. The Kier molecular flexibility index (Phi) is 6.59. The maximum absolute atomic E-state index is 12.9. The second kappa shape index (κ2) is 9.57. The molecule has 2 aromatic carbocycles. The van der Waals surface area contributed by atoms with Gasteiger partial charge < -0.3 is 15.4 Å². The first-order valence-electron chi connectivity index (χ1n) is 9.97. The van der Waals surface area contributed by atoms with Crippen molar-refractivity contribution in [1.29, 1.82) is 0 Å². The van der Waals surface area contributed by atoms with E-state index in [9.17, 15) is 22.8 Å². The van der Waals surface area contributed by atoms with E-state index in [1.165, 1.54) is 6.07 Å². The normalized spacial score (nSPS) is 15.5. The smallest absolute Gasteiger partial charge is 0.416 e. The Morgan fingerprint density at radius 2 is 2.06 bits per heavy atom. The van der Waals surface area contributed by atoms with Crippen LogP contribution in [-0.4, -0.2) is 33.5 Å². The average molecular weight is 476 g/mol. The molecule has 0 saturated heterocycles. The molecule has 4 rings (SSSR count). The number of fused-ring (bicyclic) bond motifs is 1. The van der Waals surface area contributed by atoms with Gasteiger partial charge in [0.15, 0.2) is 0 Å². The second-order valence-electron chi connectivity index (χ2n) is 7.20. The van der Waals surface area contributed by atoms with Crippen LogP contribution in [0.25, 0.3) is 0 Å². The Balaban J connectivity index is 1.33. The fourth-order valence-corrected chi connectivity index (χ4v) is 4.29. The highest BCUT2D eigenvalue weighted by molar-refractivity contribution is 8.01. The van der Waals surface area contributed by atoms with E-state index in [1.54, 1.807) is 35.1 Å². The lowest BCUT2D eigenvalue weighted by Crippen LogP contribution is -2.32. The molecule has 1 aliphatic rings.